The molecule has 0 aromatic heterocycles. The van der Waals surface area contributed by atoms with Crippen molar-refractivity contribution in [3.8, 4) is 5.75 Å². The number of halogens is 1. The highest BCUT2D eigenvalue weighted by Gasteiger charge is 2.33. The van der Waals surface area contributed by atoms with Gasteiger partial charge in [0.2, 0.25) is 0 Å². The Kier molecular flexibility index (Phi) is 3.38. The number of ether oxygens (including phenoxy) is 2. The van der Waals surface area contributed by atoms with Gasteiger partial charge in [-0.2, -0.15) is 0 Å². The Morgan fingerprint density at radius 1 is 1.32 bits per heavy atom. The van der Waals surface area contributed by atoms with Crippen LogP contribution in [0.1, 0.15) is 49.6 Å². The zero-order chi connectivity index (χ0) is 13.6. The average molecular weight is 325 g/mol. The topological polar surface area (TPSA) is 18.5 Å². The van der Waals surface area contributed by atoms with Crippen LogP contribution in [0.5, 0.6) is 5.75 Å². The highest BCUT2D eigenvalue weighted by atomic mass is 79.9. The normalized spacial score (nSPS) is 29.9. The molecule has 0 amide bonds. The van der Waals surface area contributed by atoms with Crippen molar-refractivity contribution in [3.05, 3.63) is 29.3 Å². The second-order valence-electron chi connectivity index (χ2n) is 6.37. The standard InChI is InChI=1S/C16H21BrO2/c1-10-4-6-14(18-10)15(17)11-5-7-13-12(8-11)9-16(2,3)19-13/h5,7-8,10,14-15H,4,6,9H2,1-3H3. The third-order valence-electron chi connectivity index (χ3n) is 4.00. The first kappa shape index (κ1) is 13.4. The molecule has 0 saturated carbocycles. The third-order valence-corrected chi connectivity index (χ3v) is 5.11. The molecule has 3 atom stereocenters. The number of hydrogen-bond acceptors (Lipinski definition) is 2. The van der Waals surface area contributed by atoms with Gasteiger partial charge in [-0.3, -0.25) is 0 Å². The van der Waals surface area contributed by atoms with Crippen LogP contribution in [-0.4, -0.2) is 17.8 Å². The molecule has 0 aliphatic carbocycles. The van der Waals surface area contributed by atoms with Crippen LogP contribution in [0.15, 0.2) is 18.2 Å². The van der Waals surface area contributed by atoms with Crippen molar-refractivity contribution in [2.24, 2.45) is 0 Å². The molecule has 104 valence electrons. The summed E-state index contributed by atoms with van der Waals surface area (Å²) in [5.74, 6) is 1.04. The number of rotatable bonds is 2. The molecule has 2 aliphatic heterocycles. The lowest BCUT2D eigenvalue weighted by Crippen LogP contribution is -2.24. The summed E-state index contributed by atoms with van der Waals surface area (Å²) in [5, 5.41) is 0. The lowest BCUT2D eigenvalue weighted by Gasteiger charge is -2.18. The summed E-state index contributed by atoms with van der Waals surface area (Å²) in [6, 6.07) is 6.54. The Morgan fingerprint density at radius 3 is 2.79 bits per heavy atom. The highest BCUT2D eigenvalue weighted by Crippen LogP contribution is 2.40. The molecule has 2 nitrogen and oxygen atoms in total. The van der Waals surface area contributed by atoms with Crippen molar-refractivity contribution in [2.75, 3.05) is 0 Å². The molecule has 0 radical (unpaired) electrons. The maximum absolute atomic E-state index is 5.96. The van der Waals surface area contributed by atoms with Gasteiger partial charge in [-0.15, -0.1) is 0 Å². The van der Waals surface area contributed by atoms with E-state index >= 15 is 0 Å². The van der Waals surface area contributed by atoms with E-state index in [-0.39, 0.29) is 10.4 Å². The summed E-state index contributed by atoms with van der Waals surface area (Å²) >= 11 is 3.81. The van der Waals surface area contributed by atoms with Crippen LogP contribution >= 0.6 is 15.9 Å². The van der Waals surface area contributed by atoms with Crippen molar-refractivity contribution in [1.82, 2.24) is 0 Å². The number of benzene rings is 1. The van der Waals surface area contributed by atoms with Gasteiger partial charge in [0.15, 0.2) is 0 Å². The average Bonchev–Trinajstić information content (AvgIpc) is 2.88. The summed E-state index contributed by atoms with van der Waals surface area (Å²) in [5.41, 5.74) is 2.55. The van der Waals surface area contributed by atoms with Crippen LogP contribution in [0.4, 0.5) is 0 Å². The molecule has 1 saturated heterocycles. The Balaban J connectivity index is 1.80. The fourth-order valence-corrected chi connectivity index (χ4v) is 3.74. The lowest BCUT2D eigenvalue weighted by atomic mass is 9.98. The molecule has 2 aliphatic rings. The molecule has 0 N–H and O–H groups in total. The van der Waals surface area contributed by atoms with Crippen LogP contribution in [0.2, 0.25) is 0 Å². The molecule has 0 bridgehead atoms. The van der Waals surface area contributed by atoms with Gasteiger partial charge in [0.1, 0.15) is 11.4 Å². The van der Waals surface area contributed by atoms with Gasteiger partial charge in [0, 0.05) is 6.42 Å². The van der Waals surface area contributed by atoms with Gasteiger partial charge in [-0.1, -0.05) is 28.1 Å². The third kappa shape index (κ3) is 2.68. The fraction of sp³-hybridized carbons (Fsp3) is 0.625. The lowest BCUT2D eigenvalue weighted by molar-refractivity contribution is 0.0557. The minimum atomic E-state index is -0.0683. The van der Waals surface area contributed by atoms with E-state index in [4.69, 9.17) is 9.47 Å². The smallest absolute Gasteiger partial charge is 0.123 e. The van der Waals surface area contributed by atoms with Crippen LogP contribution in [-0.2, 0) is 11.2 Å². The largest absolute Gasteiger partial charge is 0.487 e. The molecule has 3 heteroatoms. The maximum Gasteiger partial charge on any atom is 0.123 e. The van der Waals surface area contributed by atoms with Crippen molar-refractivity contribution in [1.29, 1.82) is 0 Å². The van der Waals surface area contributed by atoms with Crippen molar-refractivity contribution in [2.45, 2.75) is 62.7 Å². The Morgan fingerprint density at radius 2 is 2.11 bits per heavy atom. The highest BCUT2D eigenvalue weighted by molar-refractivity contribution is 9.09. The molecule has 3 rings (SSSR count). The maximum atomic E-state index is 5.96. The van der Waals surface area contributed by atoms with E-state index in [1.807, 2.05) is 0 Å². The Hall–Kier alpha value is -0.540. The van der Waals surface area contributed by atoms with Gasteiger partial charge in [0.05, 0.1) is 17.0 Å². The van der Waals surface area contributed by atoms with Crippen LogP contribution in [0.3, 0.4) is 0 Å². The molecule has 3 unspecified atom stereocenters. The predicted octanol–water partition coefficient (Wildman–Crippen LogP) is 4.40. The van der Waals surface area contributed by atoms with E-state index < -0.39 is 0 Å². The molecule has 0 spiro atoms. The van der Waals surface area contributed by atoms with Gasteiger partial charge in [-0.05, 0) is 50.8 Å². The van der Waals surface area contributed by atoms with E-state index in [1.165, 1.54) is 11.1 Å². The molecule has 1 fully saturated rings. The quantitative estimate of drug-likeness (QED) is 0.750. The minimum absolute atomic E-state index is 0.0683. The van der Waals surface area contributed by atoms with Crippen molar-refractivity contribution < 1.29 is 9.47 Å². The summed E-state index contributed by atoms with van der Waals surface area (Å²) in [6.07, 6.45) is 3.96. The summed E-state index contributed by atoms with van der Waals surface area (Å²) < 4.78 is 11.9. The zero-order valence-electron chi connectivity index (χ0n) is 11.8. The SMILES string of the molecule is CC1CCC(C(Br)c2ccc3c(c2)CC(C)(C)O3)O1. The molecular weight excluding hydrogens is 304 g/mol. The summed E-state index contributed by atoms with van der Waals surface area (Å²) in [7, 11) is 0. The fourth-order valence-electron chi connectivity index (χ4n) is 3.06. The molecule has 1 aromatic rings. The number of alkyl halides is 1. The van der Waals surface area contributed by atoms with E-state index in [9.17, 15) is 0 Å². The first-order valence-electron chi connectivity index (χ1n) is 7.06. The van der Waals surface area contributed by atoms with Crippen molar-refractivity contribution >= 4 is 15.9 Å². The van der Waals surface area contributed by atoms with E-state index in [2.05, 4.69) is 54.9 Å². The molecule has 2 heterocycles. The second-order valence-corrected chi connectivity index (χ2v) is 7.36. The van der Waals surface area contributed by atoms with Crippen LogP contribution in [0, 0.1) is 0 Å². The first-order chi connectivity index (χ1) is 8.94. The Bertz CT molecular complexity index is 484. The van der Waals surface area contributed by atoms with Crippen LogP contribution < -0.4 is 4.74 Å². The van der Waals surface area contributed by atoms with Gasteiger partial charge in [-0.25, -0.2) is 0 Å². The van der Waals surface area contributed by atoms with E-state index in [1.54, 1.807) is 0 Å². The minimum Gasteiger partial charge on any atom is -0.487 e. The monoisotopic (exact) mass is 324 g/mol. The molecule has 1 aromatic carbocycles. The van der Waals surface area contributed by atoms with Gasteiger partial charge in [0.25, 0.3) is 0 Å². The second kappa shape index (κ2) is 4.78. The van der Waals surface area contributed by atoms with Crippen LogP contribution in [0.25, 0.3) is 0 Å². The molecule has 19 heavy (non-hydrogen) atoms. The van der Waals surface area contributed by atoms with Crippen molar-refractivity contribution in [3.63, 3.8) is 0 Å². The number of hydrogen-bond donors (Lipinski definition) is 0. The summed E-state index contributed by atoms with van der Waals surface area (Å²) in [6.45, 7) is 6.43. The Labute approximate surface area is 123 Å². The zero-order valence-corrected chi connectivity index (χ0v) is 13.4. The van der Waals surface area contributed by atoms with Gasteiger partial charge >= 0.3 is 0 Å². The first-order valence-corrected chi connectivity index (χ1v) is 7.97. The van der Waals surface area contributed by atoms with E-state index in [0.29, 0.717) is 12.2 Å². The predicted molar refractivity (Wildman–Crippen MR) is 80.1 cm³/mol. The van der Waals surface area contributed by atoms with E-state index in [0.717, 1.165) is 25.0 Å². The van der Waals surface area contributed by atoms with Gasteiger partial charge < -0.3 is 9.47 Å². The molecular formula is C16H21BrO2. The summed E-state index contributed by atoms with van der Waals surface area (Å²) in [4.78, 5) is 0.284. The number of fused-ring (bicyclic) bond motifs is 1.